The van der Waals surface area contributed by atoms with Crippen LogP contribution in [0.2, 0.25) is 0 Å². The first-order valence-electron chi connectivity index (χ1n) is 19.0. The van der Waals surface area contributed by atoms with Crippen molar-refractivity contribution in [2.45, 2.75) is 76.9 Å². The van der Waals surface area contributed by atoms with E-state index in [0.29, 0.717) is 41.5 Å². The number of anilines is 2. The van der Waals surface area contributed by atoms with E-state index in [9.17, 15) is 24.0 Å². The summed E-state index contributed by atoms with van der Waals surface area (Å²) in [4.78, 5) is 72.1. The van der Waals surface area contributed by atoms with Crippen LogP contribution in [0.15, 0.2) is 60.8 Å². The van der Waals surface area contributed by atoms with Gasteiger partial charge < -0.3 is 15.5 Å². The highest BCUT2D eigenvalue weighted by atomic mass is 16.2. The van der Waals surface area contributed by atoms with Gasteiger partial charge in [0.25, 0.3) is 17.7 Å². The van der Waals surface area contributed by atoms with Crippen LogP contribution in [-0.2, 0) is 22.6 Å². The molecule has 1 unspecified atom stereocenters. The van der Waals surface area contributed by atoms with Crippen LogP contribution in [0.3, 0.4) is 0 Å². The fraction of sp³-hybridized carbons (Fsp3) is 0.425. The van der Waals surface area contributed by atoms with Gasteiger partial charge in [0.05, 0.1) is 23.0 Å². The van der Waals surface area contributed by atoms with Gasteiger partial charge in [-0.15, -0.1) is 0 Å². The molecule has 0 bridgehead atoms. The highest BCUT2D eigenvalue weighted by molar-refractivity contribution is 6.25. The number of aromatic nitrogens is 3. The number of carbonyl (C=O) groups excluding carboxylic acids is 5. The molecule has 2 saturated heterocycles. The quantitative estimate of drug-likeness (QED) is 0.216. The van der Waals surface area contributed by atoms with Gasteiger partial charge in [0.1, 0.15) is 11.9 Å². The molecule has 0 radical (unpaired) electrons. The van der Waals surface area contributed by atoms with Gasteiger partial charge in [0, 0.05) is 75.6 Å². The zero-order valence-electron chi connectivity index (χ0n) is 30.8. The minimum absolute atomic E-state index is 0.0904. The van der Waals surface area contributed by atoms with Gasteiger partial charge in [-0.25, -0.2) is 4.98 Å². The fourth-order valence-electron chi connectivity index (χ4n) is 7.80. The Bertz CT molecular complexity index is 2050. The molecule has 54 heavy (non-hydrogen) atoms. The zero-order valence-corrected chi connectivity index (χ0v) is 30.8. The first-order chi connectivity index (χ1) is 26.2. The molecule has 1 atom stereocenters. The van der Waals surface area contributed by atoms with E-state index < -0.39 is 29.7 Å². The number of amides is 5. The Morgan fingerprint density at radius 2 is 1.69 bits per heavy atom. The summed E-state index contributed by atoms with van der Waals surface area (Å²) in [7, 11) is 1.60. The summed E-state index contributed by atoms with van der Waals surface area (Å²) in [5, 5.41) is 12.8. The summed E-state index contributed by atoms with van der Waals surface area (Å²) < 4.78 is 1.91. The number of nitrogens with zero attached hydrogens (tertiary/aromatic N) is 6. The third-order valence-electron chi connectivity index (χ3n) is 10.6. The lowest BCUT2D eigenvalue weighted by atomic mass is 10.0. The summed E-state index contributed by atoms with van der Waals surface area (Å²) in [6.45, 7) is 5.81. The number of fused-ring (bicyclic) bond motifs is 2. The van der Waals surface area contributed by atoms with E-state index >= 15 is 0 Å². The minimum atomic E-state index is -0.977. The Balaban J connectivity index is 0.000000208. The molecule has 2 aromatic carbocycles. The van der Waals surface area contributed by atoms with Crippen molar-refractivity contribution in [3.8, 4) is 0 Å². The molecule has 0 spiro atoms. The molecular formula is C40H47N9O5. The van der Waals surface area contributed by atoms with E-state index in [1.807, 2.05) is 47.1 Å². The van der Waals surface area contributed by atoms with Gasteiger partial charge in [-0.05, 0) is 55.5 Å². The smallest absolute Gasteiger partial charge is 0.264 e. The molecule has 4 aromatic rings. The molecule has 5 amide bonds. The predicted octanol–water partition coefficient (Wildman–Crippen LogP) is 3.81. The predicted molar refractivity (Wildman–Crippen MR) is 203 cm³/mol. The van der Waals surface area contributed by atoms with Crippen LogP contribution in [0.5, 0.6) is 0 Å². The summed E-state index contributed by atoms with van der Waals surface area (Å²) in [6.07, 6.45) is 9.42. The van der Waals surface area contributed by atoms with Crippen LogP contribution in [0, 0.1) is 0 Å². The Morgan fingerprint density at radius 3 is 2.39 bits per heavy atom. The zero-order chi connectivity index (χ0) is 37.8. The number of nitrogens with one attached hydrogen (secondary N) is 3. The van der Waals surface area contributed by atoms with Crippen LogP contribution in [0.1, 0.15) is 94.2 Å². The first kappa shape index (κ1) is 36.7. The minimum Gasteiger partial charge on any atom is -0.368 e. The van der Waals surface area contributed by atoms with E-state index in [-0.39, 0.29) is 18.7 Å². The number of piperidine rings is 1. The van der Waals surface area contributed by atoms with Crippen LogP contribution >= 0.6 is 0 Å². The third-order valence-corrected chi connectivity index (χ3v) is 10.6. The van der Waals surface area contributed by atoms with Crippen LogP contribution in [0.4, 0.5) is 11.5 Å². The molecule has 2 aromatic heterocycles. The first-order valence-corrected chi connectivity index (χ1v) is 19.0. The second-order valence-corrected chi connectivity index (χ2v) is 14.3. The van der Waals surface area contributed by atoms with Crippen molar-refractivity contribution in [3.63, 3.8) is 0 Å². The van der Waals surface area contributed by atoms with Crippen molar-refractivity contribution in [2.75, 3.05) is 43.4 Å². The molecule has 4 aliphatic rings. The molecule has 3 fully saturated rings. The van der Waals surface area contributed by atoms with Gasteiger partial charge in [0.15, 0.2) is 5.65 Å². The van der Waals surface area contributed by atoms with E-state index in [1.165, 1.54) is 25.7 Å². The maximum Gasteiger partial charge on any atom is 0.264 e. The number of hydrogen-bond acceptors (Lipinski definition) is 10. The molecule has 14 heteroatoms. The molecule has 1 saturated carbocycles. The largest absolute Gasteiger partial charge is 0.368 e. The summed E-state index contributed by atoms with van der Waals surface area (Å²) in [6, 6.07) is 16.5. The highest BCUT2D eigenvalue weighted by Crippen LogP contribution is 2.35. The maximum absolute atomic E-state index is 13.4. The number of imide groups is 2. The SMILES string of the molecule is CCCc1cc(NC2CCCC2)n2nccc2n1.CNC(=O)c1ccc(CN2CCN(c3cccc4c3C(=O)N(C3CCC(=O)NC3=O)C4=O)CC2)cc1. The van der Waals surface area contributed by atoms with Crippen molar-refractivity contribution in [2.24, 2.45) is 0 Å². The Labute approximate surface area is 314 Å². The van der Waals surface area contributed by atoms with Gasteiger partial charge in [-0.2, -0.15) is 9.61 Å². The van der Waals surface area contributed by atoms with E-state index in [2.05, 4.69) is 48.8 Å². The van der Waals surface area contributed by atoms with Crippen molar-refractivity contribution in [1.29, 1.82) is 0 Å². The maximum atomic E-state index is 13.4. The number of benzene rings is 2. The van der Waals surface area contributed by atoms with Crippen LogP contribution < -0.4 is 20.9 Å². The molecule has 3 aliphatic heterocycles. The summed E-state index contributed by atoms with van der Waals surface area (Å²) >= 11 is 0. The standard InChI is InChI=1S/C26H27N5O5.C14H20N4/c1-27-23(33)17-7-5-16(6-8-17)15-29-11-13-30(14-12-29)19-4-2-3-18-22(19)26(36)31(25(18)35)20-9-10-21(32)28-24(20)34;1-2-5-12-10-14(16-11-6-3-4-7-11)18-13(17-12)8-9-15-18/h2-8,20H,9-15H2,1H3,(H,27,33)(H,28,32,34);8-11,16H,2-7H2,1H3. The Kier molecular flexibility index (Phi) is 11.0. The number of aryl methyl sites for hydroxylation is 1. The number of hydrogen-bond donors (Lipinski definition) is 3. The van der Waals surface area contributed by atoms with Crippen molar-refractivity contribution >= 4 is 46.7 Å². The molecular weight excluding hydrogens is 686 g/mol. The lowest BCUT2D eigenvalue weighted by molar-refractivity contribution is -0.136. The van der Waals surface area contributed by atoms with Gasteiger partial charge in [-0.3, -0.25) is 39.1 Å². The third kappa shape index (κ3) is 7.70. The van der Waals surface area contributed by atoms with E-state index in [1.54, 1.807) is 19.2 Å². The van der Waals surface area contributed by atoms with E-state index in [4.69, 9.17) is 0 Å². The Hall–Kier alpha value is -5.63. The van der Waals surface area contributed by atoms with Crippen LogP contribution in [-0.4, -0.2) is 99.2 Å². The number of carbonyl (C=O) groups is 5. The number of piperazine rings is 1. The lowest BCUT2D eigenvalue weighted by Crippen LogP contribution is -2.54. The Morgan fingerprint density at radius 1 is 0.926 bits per heavy atom. The molecule has 1 aliphatic carbocycles. The fourth-order valence-corrected chi connectivity index (χ4v) is 7.80. The molecule has 282 valence electrons. The molecule has 8 rings (SSSR count). The summed E-state index contributed by atoms with van der Waals surface area (Å²) in [5.74, 6) is -1.01. The lowest BCUT2D eigenvalue weighted by Gasteiger charge is -2.36. The van der Waals surface area contributed by atoms with Gasteiger partial charge in [-0.1, -0.05) is 44.4 Å². The molecule has 5 heterocycles. The monoisotopic (exact) mass is 733 g/mol. The summed E-state index contributed by atoms with van der Waals surface area (Å²) in [5.41, 5.74) is 5.14. The highest BCUT2D eigenvalue weighted by Gasteiger charge is 2.46. The number of rotatable bonds is 9. The average Bonchev–Trinajstić information content (AvgIpc) is 3.93. The van der Waals surface area contributed by atoms with Crippen molar-refractivity contribution in [1.82, 2.24) is 35.0 Å². The normalized spacial score (nSPS) is 19.1. The van der Waals surface area contributed by atoms with Crippen molar-refractivity contribution < 1.29 is 24.0 Å². The topological polar surface area (TPSA) is 161 Å². The molecule has 14 nitrogen and oxygen atoms in total. The van der Waals surface area contributed by atoms with Gasteiger partial charge in [0.2, 0.25) is 11.8 Å². The van der Waals surface area contributed by atoms with Crippen LogP contribution in [0.25, 0.3) is 5.65 Å². The average molecular weight is 734 g/mol. The van der Waals surface area contributed by atoms with E-state index in [0.717, 1.165) is 60.1 Å². The second kappa shape index (κ2) is 16.2. The molecule has 3 N–H and O–H groups in total. The van der Waals surface area contributed by atoms with Crippen molar-refractivity contribution in [3.05, 3.63) is 88.7 Å². The van der Waals surface area contributed by atoms with Gasteiger partial charge >= 0.3 is 0 Å². The second-order valence-electron chi connectivity index (χ2n) is 14.3.